The SMILES string of the molecule is CC#CC1(O)[C@@H](O)[C@@H]([C@@H](C)OP(=O)(O)OP(=O)(O)OP(=O)(O)O)O[C@H]1n1cc(F)c2c(=O)[nH]c(N)nc21. The Morgan fingerprint density at radius 3 is 2.46 bits per heavy atom. The zero-order chi connectivity index (χ0) is 28.1. The molecule has 0 bridgehead atoms. The van der Waals surface area contributed by atoms with Crippen molar-refractivity contribution in [2.75, 3.05) is 5.73 Å². The molecule has 18 nitrogen and oxygen atoms in total. The van der Waals surface area contributed by atoms with Crippen molar-refractivity contribution in [3.8, 4) is 11.8 Å². The van der Waals surface area contributed by atoms with Crippen LogP contribution in [0.4, 0.5) is 10.3 Å². The highest BCUT2D eigenvalue weighted by atomic mass is 31.3. The van der Waals surface area contributed by atoms with Crippen molar-refractivity contribution < 1.29 is 65.8 Å². The Kier molecular flexibility index (Phi) is 7.95. The van der Waals surface area contributed by atoms with Crippen LogP contribution >= 0.6 is 23.5 Å². The number of H-pyrrole nitrogens is 1. The van der Waals surface area contributed by atoms with Crippen LogP contribution in [0.2, 0.25) is 0 Å². The van der Waals surface area contributed by atoms with Crippen molar-refractivity contribution in [3.63, 3.8) is 0 Å². The van der Waals surface area contributed by atoms with Gasteiger partial charge in [0, 0.05) is 6.20 Å². The van der Waals surface area contributed by atoms with Gasteiger partial charge in [-0.15, -0.1) is 5.92 Å². The Hall–Kier alpha value is -2.00. The van der Waals surface area contributed by atoms with Gasteiger partial charge in [0.15, 0.2) is 23.3 Å². The van der Waals surface area contributed by atoms with Gasteiger partial charge in [-0.1, -0.05) is 5.92 Å². The smallest absolute Gasteiger partial charge is 0.386 e. The van der Waals surface area contributed by atoms with Gasteiger partial charge in [-0.2, -0.15) is 13.6 Å². The molecule has 1 aliphatic rings. The first kappa shape index (κ1) is 29.6. The number of ether oxygens (including phenoxy) is 1. The van der Waals surface area contributed by atoms with E-state index < -0.39 is 82.0 Å². The number of aliphatic hydroxyl groups is 2. The van der Waals surface area contributed by atoms with Crippen LogP contribution in [0, 0.1) is 17.7 Å². The van der Waals surface area contributed by atoms with Crippen molar-refractivity contribution >= 4 is 40.4 Å². The van der Waals surface area contributed by atoms with Gasteiger partial charge in [-0.3, -0.25) is 18.9 Å². The minimum atomic E-state index is -5.84. The summed E-state index contributed by atoms with van der Waals surface area (Å²) >= 11 is 0. The van der Waals surface area contributed by atoms with E-state index in [4.69, 9.17) is 20.3 Å². The normalized spacial score (nSPS) is 28.3. The average molecular weight is 592 g/mol. The van der Waals surface area contributed by atoms with Crippen LogP contribution in [0.3, 0.4) is 0 Å². The molecule has 22 heteroatoms. The molecule has 0 spiro atoms. The van der Waals surface area contributed by atoms with Crippen LogP contribution in [0.1, 0.15) is 20.1 Å². The van der Waals surface area contributed by atoms with Gasteiger partial charge >= 0.3 is 23.5 Å². The molecule has 3 unspecified atom stereocenters. The number of phosphoric acid groups is 3. The first-order chi connectivity index (χ1) is 16.8. The Bertz CT molecular complexity index is 1480. The fourth-order valence-corrected chi connectivity index (χ4v) is 6.78. The van der Waals surface area contributed by atoms with Crippen LogP contribution in [0.25, 0.3) is 11.0 Å². The maximum atomic E-state index is 14.6. The summed E-state index contributed by atoms with van der Waals surface area (Å²) in [7, 11) is -17.1. The highest BCUT2D eigenvalue weighted by molar-refractivity contribution is 7.66. The Balaban J connectivity index is 1.96. The van der Waals surface area contributed by atoms with E-state index in [1.807, 2.05) is 0 Å². The van der Waals surface area contributed by atoms with Gasteiger partial charge in [0.1, 0.15) is 17.6 Å². The fourth-order valence-electron chi connectivity index (χ4n) is 3.58. The lowest BCUT2D eigenvalue weighted by Gasteiger charge is -2.27. The number of fused-ring (bicyclic) bond motifs is 1. The maximum absolute atomic E-state index is 14.6. The van der Waals surface area contributed by atoms with E-state index >= 15 is 0 Å². The number of nitrogens with zero attached hydrogens (tertiary/aromatic N) is 2. The number of nitrogens with one attached hydrogen (secondary N) is 1. The van der Waals surface area contributed by atoms with Crippen LogP contribution in [0.15, 0.2) is 11.0 Å². The molecular weight excluding hydrogens is 572 g/mol. The van der Waals surface area contributed by atoms with Gasteiger partial charge in [-0.05, 0) is 13.8 Å². The summed E-state index contributed by atoms with van der Waals surface area (Å²) in [5.74, 6) is 3.05. The summed E-state index contributed by atoms with van der Waals surface area (Å²) < 4.78 is 67.3. The lowest BCUT2D eigenvalue weighted by Crippen LogP contribution is -2.47. The first-order valence-corrected chi connectivity index (χ1v) is 14.2. The molecule has 0 aliphatic carbocycles. The number of aromatic nitrogens is 3. The van der Waals surface area contributed by atoms with Crippen LogP contribution in [-0.4, -0.2) is 68.2 Å². The summed E-state index contributed by atoms with van der Waals surface area (Å²) in [4.78, 5) is 54.3. The van der Waals surface area contributed by atoms with Crippen molar-refractivity contribution in [2.45, 2.75) is 44.0 Å². The van der Waals surface area contributed by atoms with Crippen LogP contribution < -0.4 is 11.3 Å². The fraction of sp³-hybridized carbons (Fsp3) is 0.467. The average Bonchev–Trinajstić information content (AvgIpc) is 3.13. The molecule has 2 aromatic rings. The molecule has 9 N–H and O–H groups in total. The van der Waals surface area contributed by atoms with E-state index in [2.05, 4.69) is 35.0 Å². The number of aliphatic hydroxyl groups excluding tert-OH is 1. The zero-order valence-electron chi connectivity index (χ0n) is 18.5. The second-order valence-corrected chi connectivity index (χ2v) is 11.9. The largest absolute Gasteiger partial charge is 0.490 e. The second-order valence-electron chi connectivity index (χ2n) is 7.53. The Morgan fingerprint density at radius 1 is 1.27 bits per heavy atom. The van der Waals surface area contributed by atoms with E-state index in [1.54, 1.807) is 0 Å². The monoisotopic (exact) mass is 592 g/mol. The van der Waals surface area contributed by atoms with Crippen LogP contribution in [0.5, 0.6) is 0 Å². The van der Waals surface area contributed by atoms with E-state index in [1.165, 1.54) is 6.92 Å². The van der Waals surface area contributed by atoms with Crippen molar-refractivity contribution in [1.29, 1.82) is 0 Å². The molecule has 7 atom stereocenters. The molecule has 1 aliphatic heterocycles. The van der Waals surface area contributed by atoms with Gasteiger partial charge in [0.25, 0.3) is 5.56 Å². The molecule has 0 amide bonds. The summed E-state index contributed by atoms with van der Waals surface area (Å²) in [6.45, 7) is 2.24. The number of nitrogen functional groups attached to an aromatic ring is 1. The topological polar surface area (TPSA) is 286 Å². The molecule has 2 aromatic heterocycles. The molecule has 1 saturated heterocycles. The predicted octanol–water partition coefficient (Wildman–Crippen LogP) is -0.810. The van der Waals surface area contributed by atoms with E-state index in [0.717, 1.165) is 11.5 Å². The number of aromatic amines is 1. The number of nitrogens with two attached hydrogens (primary N) is 1. The molecule has 0 radical (unpaired) electrons. The predicted molar refractivity (Wildman–Crippen MR) is 117 cm³/mol. The molecule has 3 rings (SSSR count). The van der Waals surface area contributed by atoms with Gasteiger partial charge in [0.2, 0.25) is 5.95 Å². The highest BCUT2D eigenvalue weighted by Gasteiger charge is 2.58. The van der Waals surface area contributed by atoms with E-state index in [0.29, 0.717) is 6.20 Å². The van der Waals surface area contributed by atoms with Crippen molar-refractivity contribution in [2.24, 2.45) is 0 Å². The van der Waals surface area contributed by atoms with Gasteiger partial charge < -0.3 is 40.3 Å². The zero-order valence-corrected chi connectivity index (χ0v) is 21.2. The van der Waals surface area contributed by atoms with Gasteiger partial charge in [-0.25, -0.2) is 18.1 Å². The third kappa shape index (κ3) is 6.19. The van der Waals surface area contributed by atoms with Gasteiger partial charge in [0.05, 0.1) is 6.10 Å². The van der Waals surface area contributed by atoms with Crippen molar-refractivity contribution in [1.82, 2.24) is 14.5 Å². The molecule has 3 heterocycles. The number of hydrogen-bond acceptors (Lipinski definition) is 12. The minimum absolute atomic E-state index is 0.423. The summed E-state index contributed by atoms with van der Waals surface area (Å²) in [5, 5.41) is 21.4. The molecule has 0 aromatic carbocycles. The molecule has 37 heavy (non-hydrogen) atoms. The van der Waals surface area contributed by atoms with E-state index in [-0.39, 0.29) is 0 Å². The lowest BCUT2D eigenvalue weighted by molar-refractivity contribution is -0.0831. The number of halogens is 1. The third-order valence-corrected chi connectivity index (χ3v) is 8.76. The van der Waals surface area contributed by atoms with E-state index in [9.17, 15) is 42.9 Å². The maximum Gasteiger partial charge on any atom is 0.490 e. The quantitative estimate of drug-likeness (QED) is 0.137. The Labute approximate surface area is 205 Å². The number of hydrogen-bond donors (Lipinski definition) is 8. The third-order valence-electron chi connectivity index (χ3n) is 4.84. The Morgan fingerprint density at radius 2 is 1.89 bits per heavy atom. The molecule has 1 fully saturated rings. The number of anilines is 1. The summed E-state index contributed by atoms with van der Waals surface area (Å²) in [6, 6.07) is 0. The summed E-state index contributed by atoms with van der Waals surface area (Å²) in [5.41, 5.74) is 1.54. The standard InChI is InChI=1S/C15H20FN4O14P3/c1-3-4-15(23)10(21)9(6(2)32-36(27,28)34-37(29,30)33-35(24,25)26)31-13(15)20-5-7(16)8-11(20)18-14(17)19-12(8)22/h5-6,9-10,13,21,23H,1-2H3,(H,27,28)(H,29,30)(H2,24,25,26)(H3,17,18,19,22)/t6-,9-,10+,13-,15?/m1/s1. The lowest BCUT2D eigenvalue weighted by atomic mass is 9.93. The molecule has 0 saturated carbocycles. The number of phosphoric ester groups is 1. The molecular formula is C15H20FN4O14P3. The second kappa shape index (κ2) is 9.95. The molecule has 206 valence electrons. The number of rotatable bonds is 8. The first-order valence-electron chi connectivity index (χ1n) is 9.68. The summed E-state index contributed by atoms with van der Waals surface area (Å²) in [6.07, 6.45) is -6.79. The minimum Gasteiger partial charge on any atom is -0.386 e. The van der Waals surface area contributed by atoms with Crippen LogP contribution in [-0.2, 0) is 31.6 Å². The van der Waals surface area contributed by atoms with Crippen molar-refractivity contribution in [3.05, 3.63) is 22.4 Å². The highest BCUT2D eigenvalue weighted by Crippen LogP contribution is 2.66.